The van der Waals surface area contributed by atoms with Crippen molar-refractivity contribution < 1.29 is 13.9 Å². The number of rotatable bonds is 4. The summed E-state index contributed by atoms with van der Waals surface area (Å²) in [6.07, 6.45) is 0. The molecule has 1 aromatic heterocycles. The third-order valence-electron chi connectivity index (χ3n) is 2.94. The Morgan fingerprint density at radius 2 is 2.13 bits per heavy atom. The Morgan fingerprint density at radius 3 is 2.74 bits per heavy atom. The highest BCUT2D eigenvalue weighted by Gasteiger charge is 2.21. The number of methoxy groups -OCH3 is 1. The van der Waals surface area contributed by atoms with Gasteiger partial charge in [-0.3, -0.25) is 4.79 Å². The molecule has 2 aromatic rings. The number of azide groups is 1. The molecule has 0 fully saturated rings. The van der Waals surface area contributed by atoms with Crippen LogP contribution >= 0.6 is 23.2 Å². The van der Waals surface area contributed by atoms with Gasteiger partial charge in [-0.1, -0.05) is 28.3 Å². The Bertz CT molecular complexity index is 809. The minimum atomic E-state index is -1.21. The van der Waals surface area contributed by atoms with Gasteiger partial charge in [-0.05, 0) is 41.4 Å². The zero-order valence-corrected chi connectivity index (χ0v) is 13.2. The number of esters is 1. The third kappa shape index (κ3) is 3.90. The van der Waals surface area contributed by atoms with Gasteiger partial charge in [0.25, 0.3) is 0 Å². The monoisotopic (exact) mass is 354 g/mol. The molecule has 1 heterocycles. The quantitative estimate of drug-likeness (QED) is 0.261. The molecule has 6 nitrogen and oxygen atoms in total. The van der Waals surface area contributed by atoms with Crippen LogP contribution in [-0.2, 0) is 9.53 Å². The summed E-state index contributed by atoms with van der Waals surface area (Å²) in [7, 11) is 1.17. The molecular formula is C14H9Cl2FN4O2. The Kier molecular flexibility index (Phi) is 5.39. The molecule has 0 spiro atoms. The van der Waals surface area contributed by atoms with Crippen LogP contribution < -0.4 is 0 Å². The molecule has 2 rings (SSSR count). The van der Waals surface area contributed by atoms with E-state index in [4.69, 9.17) is 28.7 Å². The zero-order chi connectivity index (χ0) is 17.0. The number of hydrogen-bond donors (Lipinski definition) is 0. The standard InChI is InChI=1S/C14H9Cl2FN4O2/c1-23-14(22)13(20-21-18)8-5-11(19-12(16)6-8)7-2-3-10(17)9(15)4-7/h2-6,13H,1H3. The predicted octanol–water partition coefficient (Wildman–Crippen LogP) is 4.72. The highest BCUT2D eigenvalue weighted by molar-refractivity contribution is 6.31. The molecule has 0 amide bonds. The molecule has 0 radical (unpaired) electrons. The van der Waals surface area contributed by atoms with E-state index < -0.39 is 17.8 Å². The average Bonchev–Trinajstić information content (AvgIpc) is 2.53. The summed E-state index contributed by atoms with van der Waals surface area (Å²) in [6, 6.07) is 5.69. The second-order valence-electron chi connectivity index (χ2n) is 4.37. The number of aromatic nitrogens is 1. The van der Waals surface area contributed by atoms with Crippen LogP contribution in [-0.4, -0.2) is 18.1 Å². The van der Waals surface area contributed by atoms with E-state index in [0.717, 1.165) is 0 Å². The molecule has 1 unspecified atom stereocenters. The van der Waals surface area contributed by atoms with Gasteiger partial charge in [-0.2, -0.15) is 0 Å². The molecule has 0 aliphatic rings. The fourth-order valence-electron chi connectivity index (χ4n) is 1.89. The number of carbonyl (C=O) groups is 1. The van der Waals surface area contributed by atoms with Gasteiger partial charge in [0, 0.05) is 10.5 Å². The molecular weight excluding hydrogens is 346 g/mol. The number of pyridine rings is 1. The largest absolute Gasteiger partial charge is 0.468 e. The van der Waals surface area contributed by atoms with Crippen molar-refractivity contribution >= 4 is 29.2 Å². The van der Waals surface area contributed by atoms with E-state index in [1.165, 1.54) is 37.4 Å². The fraction of sp³-hybridized carbons (Fsp3) is 0.143. The SMILES string of the molecule is COC(=O)C(N=[N+]=[N-])c1cc(Cl)nc(-c2ccc(F)c(Cl)c2)c1. The lowest BCUT2D eigenvalue weighted by Gasteiger charge is -2.11. The molecule has 9 heteroatoms. The van der Waals surface area contributed by atoms with Gasteiger partial charge in [-0.15, -0.1) is 0 Å². The van der Waals surface area contributed by atoms with Crippen molar-refractivity contribution in [3.05, 3.63) is 62.3 Å². The minimum absolute atomic E-state index is 0.0694. The van der Waals surface area contributed by atoms with Crippen molar-refractivity contribution in [2.24, 2.45) is 5.11 Å². The summed E-state index contributed by atoms with van der Waals surface area (Å²) >= 11 is 11.7. The van der Waals surface area contributed by atoms with Crippen LogP contribution in [0.15, 0.2) is 35.4 Å². The first-order valence-corrected chi connectivity index (χ1v) is 6.96. The molecule has 0 saturated carbocycles. The smallest absolute Gasteiger partial charge is 0.319 e. The van der Waals surface area contributed by atoms with Crippen LogP contribution in [0.25, 0.3) is 21.7 Å². The summed E-state index contributed by atoms with van der Waals surface area (Å²) < 4.78 is 17.9. The number of halogens is 3. The summed E-state index contributed by atoms with van der Waals surface area (Å²) in [5.74, 6) is -1.31. The van der Waals surface area contributed by atoms with Crippen LogP contribution in [0.4, 0.5) is 4.39 Å². The van der Waals surface area contributed by atoms with Crippen LogP contribution in [0.1, 0.15) is 11.6 Å². The summed E-state index contributed by atoms with van der Waals surface area (Å²) in [5, 5.41) is 3.40. The van der Waals surface area contributed by atoms with E-state index in [-0.39, 0.29) is 10.2 Å². The maximum absolute atomic E-state index is 13.3. The summed E-state index contributed by atoms with van der Waals surface area (Å²) in [5.41, 5.74) is 9.74. The van der Waals surface area contributed by atoms with E-state index >= 15 is 0 Å². The molecule has 0 aliphatic carbocycles. The molecule has 0 N–H and O–H groups in total. The van der Waals surface area contributed by atoms with Crippen LogP contribution in [0, 0.1) is 5.82 Å². The molecule has 23 heavy (non-hydrogen) atoms. The average molecular weight is 355 g/mol. The second kappa shape index (κ2) is 7.28. The predicted molar refractivity (Wildman–Crippen MR) is 83.6 cm³/mol. The number of benzene rings is 1. The minimum Gasteiger partial charge on any atom is -0.468 e. The van der Waals surface area contributed by atoms with Crippen molar-refractivity contribution in [1.29, 1.82) is 0 Å². The first kappa shape index (κ1) is 17.0. The molecule has 1 aromatic carbocycles. The summed E-state index contributed by atoms with van der Waals surface area (Å²) in [4.78, 5) is 18.5. The van der Waals surface area contributed by atoms with E-state index in [2.05, 4.69) is 19.7 Å². The number of nitrogens with zero attached hydrogens (tertiary/aromatic N) is 4. The molecule has 0 bridgehead atoms. The van der Waals surface area contributed by atoms with Crippen molar-refractivity contribution in [2.75, 3.05) is 7.11 Å². The lowest BCUT2D eigenvalue weighted by molar-refractivity contribution is -0.142. The van der Waals surface area contributed by atoms with E-state index in [0.29, 0.717) is 16.8 Å². The molecule has 0 saturated heterocycles. The van der Waals surface area contributed by atoms with E-state index in [1.54, 1.807) is 0 Å². The van der Waals surface area contributed by atoms with Crippen molar-refractivity contribution in [1.82, 2.24) is 4.98 Å². The highest BCUT2D eigenvalue weighted by Crippen LogP contribution is 2.29. The third-order valence-corrected chi connectivity index (χ3v) is 3.42. The van der Waals surface area contributed by atoms with E-state index in [9.17, 15) is 9.18 Å². The van der Waals surface area contributed by atoms with Gasteiger partial charge in [0.15, 0.2) is 6.04 Å². The lowest BCUT2D eigenvalue weighted by atomic mass is 10.0. The van der Waals surface area contributed by atoms with Gasteiger partial charge < -0.3 is 4.74 Å². The van der Waals surface area contributed by atoms with Gasteiger partial charge in [-0.25, -0.2) is 9.37 Å². The van der Waals surface area contributed by atoms with Gasteiger partial charge in [0.2, 0.25) is 0 Å². The summed E-state index contributed by atoms with van der Waals surface area (Å²) in [6.45, 7) is 0. The Hall–Kier alpha value is -2.34. The molecule has 1 atom stereocenters. The Balaban J connectivity index is 2.55. The van der Waals surface area contributed by atoms with Crippen LogP contribution in [0.2, 0.25) is 10.2 Å². The first-order chi connectivity index (χ1) is 11.0. The van der Waals surface area contributed by atoms with Crippen molar-refractivity contribution in [3.63, 3.8) is 0 Å². The van der Waals surface area contributed by atoms with Crippen molar-refractivity contribution in [3.8, 4) is 11.3 Å². The molecule has 118 valence electrons. The topological polar surface area (TPSA) is 88.0 Å². The Labute approximate surface area is 140 Å². The number of carbonyl (C=O) groups excluding carboxylic acids is 1. The highest BCUT2D eigenvalue weighted by atomic mass is 35.5. The van der Waals surface area contributed by atoms with Crippen LogP contribution in [0.5, 0.6) is 0 Å². The number of hydrogen-bond acceptors (Lipinski definition) is 4. The normalized spacial score (nSPS) is 11.5. The zero-order valence-electron chi connectivity index (χ0n) is 11.7. The van der Waals surface area contributed by atoms with Gasteiger partial charge in [0.05, 0.1) is 17.8 Å². The maximum atomic E-state index is 13.3. The lowest BCUT2D eigenvalue weighted by Crippen LogP contribution is -2.12. The maximum Gasteiger partial charge on any atom is 0.319 e. The fourth-order valence-corrected chi connectivity index (χ4v) is 2.29. The Morgan fingerprint density at radius 1 is 1.39 bits per heavy atom. The van der Waals surface area contributed by atoms with Gasteiger partial charge in [0.1, 0.15) is 11.0 Å². The van der Waals surface area contributed by atoms with E-state index in [1.807, 2.05) is 0 Å². The van der Waals surface area contributed by atoms with Crippen LogP contribution in [0.3, 0.4) is 0 Å². The number of ether oxygens (including phenoxy) is 1. The van der Waals surface area contributed by atoms with Gasteiger partial charge >= 0.3 is 5.97 Å². The first-order valence-electron chi connectivity index (χ1n) is 6.21. The second-order valence-corrected chi connectivity index (χ2v) is 5.16. The van der Waals surface area contributed by atoms with Crippen molar-refractivity contribution in [2.45, 2.75) is 6.04 Å². The molecule has 0 aliphatic heterocycles.